The normalized spacial score (nSPS) is 33.6. The molecule has 3 atom stereocenters. The SMILES string of the molecule is Clc1cc([C@H]2CC3CCC2N3)cnc1Cl. The van der Waals surface area contributed by atoms with E-state index in [1.54, 1.807) is 0 Å². The Kier molecular flexibility index (Phi) is 2.38. The molecule has 2 bridgehead atoms. The largest absolute Gasteiger partial charge is 0.311 e. The second-order valence-corrected chi connectivity index (χ2v) is 5.20. The molecule has 0 saturated carbocycles. The smallest absolute Gasteiger partial charge is 0.147 e. The lowest BCUT2D eigenvalue weighted by atomic mass is 9.85. The number of hydrogen-bond donors (Lipinski definition) is 1. The van der Waals surface area contributed by atoms with Crippen molar-refractivity contribution in [2.45, 2.75) is 37.3 Å². The third-order valence-corrected chi connectivity index (χ3v) is 4.23. The average molecular weight is 243 g/mol. The zero-order chi connectivity index (χ0) is 10.4. The van der Waals surface area contributed by atoms with Gasteiger partial charge in [-0.15, -0.1) is 0 Å². The third-order valence-electron chi connectivity index (χ3n) is 3.55. The first kappa shape index (κ1) is 9.88. The molecule has 80 valence electrons. The molecule has 0 amide bonds. The Morgan fingerprint density at radius 3 is 2.80 bits per heavy atom. The molecule has 4 heteroatoms. The van der Waals surface area contributed by atoms with E-state index in [9.17, 15) is 0 Å². The van der Waals surface area contributed by atoms with Gasteiger partial charge in [0.25, 0.3) is 0 Å². The van der Waals surface area contributed by atoms with Crippen molar-refractivity contribution in [1.82, 2.24) is 10.3 Å². The molecule has 0 spiro atoms. The summed E-state index contributed by atoms with van der Waals surface area (Å²) >= 11 is 11.8. The van der Waals surface area contributed by atoms with Crippen LogP contribution in [-0.2, 0) is 0 Å². The lowest BCUT2D eigenvalue weighted by Crippen LogP contribution is -2.21. The fraction of sp³-hybridized carbons (Fsp3) is 0.545. The van der Waals surface area contributed by atoms with Crippen LogP contribution in [0.4, 0.5) is 0 Å². The van der Waals surface area contributed by atoms with Crippen molar-refractivity contribution in [3.05, 3.63) is 28.0 Å². The predicted molar refractivity (Wildman–Crippen MR) is 61.6 cm³/mol. The molecule has 1 aromatic heterocycles. The summed E-state index contributed by atoms with van der Waals surface area (Å²) in [4.78, 5) is 4.11. The van der Waals surface area contributed by atoms with Crippen LogP contribution in [0.1, 0.15) is 30.7 Å². The summed E-state index contributed by atoms with van der Waals surface area (Å²) in [6, 6.07) is 3.28. The molecule has 2 unspecified atom stereocenters. The van der Waals surface area contributed by atoms with Crippen LogP contribution in [-0.4, -0.2) is 17.1 Å². The van der Waals surface area contributed by atoms with E-state index in [1.807, 2.05) is 12.3 Å². The van der Waals surface area contributed by atoms with Gasteiger partial charge in [-0.2, -0.15) is 0 Å². The van der Waals surface area contributed by atoms with Crippen molar-refractivity contribution in [3.63, 3.8) is 0 Å². The number of nitrogens with one attached hydrogen (secondary N) is 1. The number of hydrogen-bond acceptors (Lipinski definition) is 2. The average Bonchev–Trinajstić information content (AvgIpc) is 2.83. The molecule has 1 N–H and O–H groups in total. The number of fused-ring (bicyclic) bond motifs is 2. The van der Waals surface area contributed by atoms with Gasteiger partial charge in [0.2, 0.25) is 0 Å². The highest BCUT2D eigenvalue weighted by atomic mass is 35.5. The Morgan fingerprint density at radius 1 is 1.33 bits per heavy atom. The second-order valence-electron chi connectivity index (χ2n) is 4.43. The zero-order valence-corrected chi connectivity index (χ0v) is 9.72. The molecule has 3 heterocycles. The Morgan fingerprint density at radius 2 is 2.20 bits per heavy atom. The van der Waals surface area contributed by atoms with E-state index in [1.165, 1.54) is 24.8 Å². The lowest BCUT2D eigenvalue weighted by Gasteiger charge is -2.20. The summed E-state index contributed by atoms with van der Waals surface area (Å²) in [6.07, 6.45) is 5.66. The van der Waals surface area contributed by atoms with Crippen LogP contribution in [0.15, 0.2) is 12.3 Å². The highest BCUT2D eigenvalue weighted by Crippen LogP contribution is 2.40. The van der Waals surface area contributed by atoms with E-state index in [0.29, 0.717) is 28.2 Å². The first-order valence-electron chi connectivity index (χ1n) is 5.31. The molecule has 2 saturated heterocycles. The van der Waals surface area contributed by atoms with Crippen LogP contribution < -0.4 is 5.32 Å². The Balaban J connectivity index is 1.90. The summed E-state index contributed by atoms with van der Waals surface area (Å²) < 4.78 is 0. The number of nitrogens with zero attached hydrogens (tertiary/aromatic N) is 1. The van der Waals surface area contributed by atoms with Gasteiger partial charge >= 0.3 is 0 Å². The quantitative estimate of drug-likeness (QED) is 0.767. The molecule has 0 radical (unpaired) electrons. The maximum Gasteiger partial charge on any atom is 0.147 e. The summed E-state index contributed by atoms with van der Waals surface area (Å²) in [5, 5.41) is 4.57. The lowest BCUT2D eigenvalue weighted by molar-refractivity contribution is 0.505. The maximum atomic E-state index is 5.98. The van der Waals surface area contributed by atoms with Crippen molar-refractivity contribution in [3.8, 4) is 0 Å². The topological polar surface area (TPSA) is 24.9 Å². The highest BCUT2D eigenvalue weighted by Gasteiger charge is 2.39. The Bertz CT molecular complexity index is 394. The third kappa shape index (κ3) is 1.65. The Hall–Kier alpha value is -0.310. The van der Waals surface area contributed by atoms with Crippen molar-refractivity contribution < 1.29 is 0 Å². The molecular formula is C11H12Cl2N2. The minimum absolute atomic E-state index is 0.400. The molecule has 2 nitrogen and oxygen atoms in total. The van der Waals surface area contributed by atoms with E-state index in [2.05, 4.69) is 10.3 Å². The van der Waals surface area contributed by atoms with Crippen LogP contribution in [0.3, 0.4) is 0 Å². The van der Waals surface area contributed by atoms with Crippen molar-refractivity contribution in [2.75, 3.05) is 0 Å². The van der Waals surface area contributed by atoms with Gasteiger partial charge in [-0.3, -0.25) is 0 Å². The van der Waals surface area contributed by atoms with Crippen molar-refractivity contribution in [2.24, 2.45) is 0 Å². The van der Waals surface area contributed by atoms with Gasteiger partial charge in [-0.05, 0) is 30.9 Å². The van der Waals surface area contributed by atoms with Crippen LogP contribution in [0.25, 0.3) is 0 Å². The monoisotopic (exact) mass is 242 g/mol. The van der Waals surface area contributed by atoms with E-state index < -0.39 is 0 Å². The molecule has 2 aliphatic rings. The van der Waals surface area contributed by atoms with Gasteiger partial charge < -0.3 is 5.32 Å². The van der Waals surface area contributed by atoms with Crippen LogP contribution in [0, 0.1) is 0 Å². The van der Waals surface area contributed by atoms with Gasteiger partial charge in [-0.25, -0.2) is 4.98 Å². The first-order valence-corrected chi connectivity index (χ1v) is 6.06. The standard InChI is InChI=1S/C11H12Cl2N2/c12-9-3-6(5-14-11(9)13)8-4-7-1-2-10(8)15-7/h3,5,7-8,10,15H,1-2,4H2/t7?,8-,10?/m1/s1. The zero-order valence-electron chi connectivity index (χ0n) is 8.21. The van der Waals surface area contributed by atoms with Gasteiger partial charge in [0.05, 0.1) is 5.02 Å². The van der Waals surface area contributed by atoms with Gasteiger partial charge in [0, 0.05) is 24.2 Å². The number of aromatic nitrogens is 1. The minimum atomic E-state index is 0.400. The number of rotatable bonds is 1. The van der Waals surface area contributed by atoms with E-state index in [-0.39, 0.29) is 0 Å². The molecule has 2 fully saturated rings. The molecule has 2 aliphatic heterocycles. The molecule has 3 rings (SSSR count). The number of halogens is 2. The molecular weight excluding hydrogens is 231 g/mol. The molecule has 1 aromatic rings. The van der Waals surface area contributed by atoms with Crippen LogP contribution >= 0.6 is 23.2 Å². The molecule has 0 aromatic carbocycles. The van der Waals surface area contributed by atoms with Crippen molar-refractivity contribution in [1.29, 1.82) is 0 Å². The van der Waals surface area contributed by atoms with E-state index >= 15 is 0 Å². The predicted octanol–water partition coefficient (Wildman–Crippen LogP) is 3.00. The van der Waals surface area contributed by atoms with Crippen LogP contribution in [0.5, 0.6) is 0 Å². The van der Waals surface area contributed by atoms with Gasteiger partial charge in [0.1, 0.15) is 5.15 Å². The maximum absolute atomic E-state index is 5.98. The first-order chi connectivity index (χ1) is 7.24. The summed E-state index contributed by atoms with van der Waals surface area (Å²) in [5.74, 6) is 0.575. The summed E-state index contributed by atoms with van der Waals surface area (Å²) in [7, 11) is 0. The molecule has 15 heavy (non-hydrogen) atoms. The van der Waals surface area contributed by atoms with Crippen LogP contribution in [0.2, 0.25) is 10.2 Å². The van der Waals surface area contributed by atoms with Gasteiger partial charge in [-0.1, -0.05) is 23.2 Å². The number of pyridine rings is 1. The fourth-order valence-electron chi connectivity index (χ4n) is 2.83. The Labute approximate surface area is 99.0 Å². The van der Waals surface area contributed by atoms with E-state index in [4.69, 9.17) is 23.2 Å². The summed E-state index contributed by atoms with van der Waals surface area (Å²) in [5.41, 5.74) is 1.23. The summed E-state index contributed by atoms with van der Waals surface area (Å²) in [6.45, 7) is 0. The highest BCUT2D eigenvalue weighted by molar-refractivity contribution is 6.41. The van der Waals surface area contributed by atoms with Crippen molar-refractivity contribution >= 4 is 23.2 Å². The van der Waals surface area contributed by atoms with Gasteiger partial charge in [0.15, 0.2) is 0 Å². The second kappa shape index (κ2) is 3.62. The van der Waals surface area contributed by atoms with E-state index in [0.717, 1.165) is 0 Å². The molecule has 0 aliphatic carbocycles. The fourth-order valence-corrected chi connectivity index (χ4v) is 3.11. The minimum Gasteiger partial charge on any atom is -0.311 e.